The van der Waals surface area contributed by atoms with Gasteiger partial charge in [-0.05, 0) is 60.2 Å². The van der Waals surface area contributed by atoms with E-state index < -0.39 is 10.0 Å². The summed E-state index contributed by atoms with van der Waals surface area (Å²) < 4.78 is 40.6. The van der Waals surface area contributed by atoms with Gasteiger partial charge in [-0.3, -0.25) is 4.79 Å². The predicted octanol–water partition coefficient (Wildman–Crippen LogP) is 4.01. The molecule has 2 N–H and O–H groups in total. The van der Waals surface area contributed by atoms with Gasteiger partial charge in [-0.15, -0.1) is 0 Å². The smallest absolute Gasteiger partial charge is 0.240 e. The highest BCUT2D eigenvalue weighted by molar-refractivity contribution is 7.89. The average Bonchev–Trinajstić information content (AvgIpc) is 2.62. The van der Waals surface area contributed by atoms with E-state index >= 15 is 0 Å². The first-order valence-corrected chi connectivity index (χ1v) is 11.0. The Kier molecular flexibility index (Phi) is 7.19. The largest absolute Gasteiger partial charge is 0.349 e. The van der Waals surface area contributed by atoms with Crippen LogP contribution in [0.4, 0.5) is 4.39 Å². The molecule has 0 heterocycles. The molecule has 0 aliphatic heterocycles. The fourth-order valence-electron chi connectivity index (χ4n) is 2.95. The predicted molar refractivity (Wildman–Crippen MR) is 112 cm³/mol. The Morgan fingerprint density at radius 2 is 1.66 bits per heavy atom. The molecule has 0 aromatic heterocycles. The molecule has 0 saturated carbocycles. The molecule has 1 unspecified atom stereocenters. The lowest BCUT2D eigenvalue weighted by molar-refractivity contribution is -0.122. The zero-order chi connectivity index (χ0) is 21.8. The summed E-state index contributed by atoms with van der Waals surface area (Å²) in [6, 6.07) is 10.6. The highest BCUT2D eigenvalue weighted by Crippen LogP contribution is 2.32. The van der Waals surface area contributed by atoms with Gasteiger partial charge < -0.3 is 5.32 Å². The second kappa shape index (κ2) is 9.05. The van der Waals surface area contributed by atoms with Crippen LogP contribution in [0.15, 0.2) is 47.4 Å². The molecular formula is C22H29FN2O3S. The molecule has 0 bridgehead atoms. The van der Waals surface area contributed by atoms with Crippen molar-refractivity contribution in [3.63, 3.8) is 0 Å². The molecular weight excluding hydrogens is 391 g/mol. The normalized spacial score (nSPS) is 13.2. The van der Waals surface area contributed by atoms with Gasteiger partial charge in [-0.25, -0.2) is 17.5 Å². The Morgan fingerprint density at radius 3 is 2.21 bits per heavy atom. The number of nitrogens with one attached hydrogen (secondary N) is 2. The number of aryl methyl sites for hydroxylation is 2. The molecule has 0 saturated heterocycles. The van der Waals surface area contributed by atoms with Crippen molar-refractivity contribution >= 4 is 15.9 Å². The SMILES string of the molecule is Cc1ccc(S(=O)(=O)NCCC(=O)NC(c2ccc(F)cc2)C(C)(C)C)cc1C. The lowest BCUT2D eigenvalue weighted by Gasteiger charge is -2.32. The maximum absolute atomic E-state index is 13.2. The summed E-state index contributed by atoms with van der Waals surface area (Å²) in [6.45, 7) is 9.68. The van der Waals surface area contributed by atoms with Crippen molar-refractivity contribution in [2.45, 2.75) is 52.0 Å². The summed E-state index contributed by atoms with van der Waals surface area (Å²) in [6.07, 6.45) is -0.00213. The molecule has 0 aliphatic carbocycles. The fraction of sp³-hybridized carbons (Fsp3) is 0.409. The molecule has 158 valence electrons. The van der Waals surface area contributed by atoms with Gasteiger partial charge in [0.2, 0.25) is 15.9 Å². The summed E-state index contributed by atoms with van der Waals surface area (Å²) in [4.78, 5) is 12.6. The topological polar surface area (TPSA) is 75.3 Å². The molecule has 2 rings (SSSR count). The average molecular weight is 421 g/mol. The van der Waals surface area contributed by atoms with Crippen LogP contribution in [0, 0.1) is 25.1 Å². The van der Waals surface area contributed by atoms with Crippen molar-refractivity contribution in [3.05, 3.63) is 65.0 Å². The first-order valence-electron chi connectivity index (χ1n) is 9.52. The summed E-state index contributed by atoms with van der Waals surface area (Å²) >= 11 is 0. The standard InChI is InChI=1S/C22H29FN2O3S/c1-15-6-11-19(14-16(15)2)29(27,28)24-13-12-20(26)25-21(22(3,4)5)17-7-9-18(23)10-8-17/h6-11,14,21,24H,12-13H2,1-5H3,(H,25,26). The number of halogens is 1. The van der Waals surface area contributed by atoms with Crippen molar-refractivity contribution < 1.29 is 17.6 Å². The Bertz CT molecular complexity index is 965. The number of sulfonamides is 1. The van der Waals surface area contributed by atoms with Gasteiger partial charge in [0, 0.05) is 13.0 Å². The molecule has 5 nitrogen and oxygen atoms in total. The van der Waals surface area contributed by atoms with E-state index in [-0.39, 0.29) is 41.0 Å². The highest BCUT2D eigenvalue weighted by atomic mass is 32.2. The molecule has 0 radical (unpaired) electrons. The number of hydrogen-bond acceptors (Lipinski definition) is 3. The molecule has 2 aromatic carbocycles. The number of rotatable bonds is 7. The summed E-state index contributed by atoms with van der Waals surface area (Å²) in [5.41, 5.74) is 2.39. The van der Waals surface area contributed by atoms with Gasteiger partial charge in [0.1, 0.15) is 5.82 Å². The van der Waals surface area contributed by atoms with Crippen molar-refractivity contribution in [1.29, 1.82) is 0 Å². The third-order valence-electron chi connectivity index (χ3n) is 4.81. The minimum Gasteiger partial charge on any atom is -0.349 e. The number of carbonyl (C=O) groups is 1. The Hall–Kier alpha value is -2.25. The fourth-order valence-corrected chi connectivity index (χ4v) is 4.07. The Morgan fingerprint density at radius 1 is 1.03 bits per heavy atom. The minimum absolute atomic E-state index is 0.00213. The maximum atomic E-state index is 13.2. The molecule has 29 heavy (non-hydrogen) atoms. The molecule has 0 fully saturated rings. The maximum Gasteiger partial charge on any atom is 0.240 e. The van der Waals surface area contributed by atoms with Crippen molar-refractivity contribution in [2.24, 2.45) is 5.41 Å². The van der Waals surface area contributed by atoms with Gasteiger partial charge in [-0.1, -0.05) is 39.0 Å². The lowest BCUT2D eigenvalue weighted by atomic mass is 9.82. The van der Waals surface area contributed by atoms with Crippen molar-refractivity contribution in [2.75, 3.05) is 6.54 Å². The van der Waals surface area contributed by atoms with E-state index in [0.717, 1.165) is 16.7 Å². The van der Waals surface area contributed by atoms with E-state index in [0.29, 0.717) is 0 Å². The zero-order valence-electron chi connectivity index (χ0n) is 17.5. The molecule has 1 amide bonds. The van der Waals surface area contributed by atoms with Crippen LogP contribution < -0.4 is 10.0 Å². The first kappa shape index (κ1) is 23.0. The first-order chi connectivity index (χ1) is 13.4. The van der Waals surface area contributed by atoms with Crippen LogP contribution >= 0.6 is 0 Å². The van der Waals surface area contributed by atoms with Gasteiger partial charge in [0.15, 0.2) is 0 Å². The van der Waals surface area contributed by atoms with E-state index in [9.17, 15) is 17.6 Å². The monoisotopic (exact) mass is 420 g/mol. The molecule has 0 aliphatic rings. The molecule has 2 aromatic rings. The summed E-state index contributed by atoms with van der Waals surface area (Å²) in [7, 11) is -3.68. The van der Waals surface area contributed by atoms with E-state index in [4.69, 9.17) is 0 Å². The number of hydrogen-bond donors (Lipinski definition) is 2. The van der Waals surface area contributed by atoms with E-state index in [1.807, 2.05) is 34.6 Å². The number of carbonyl (C=O) groups excluding carboxylic acids is 1. The van der Waals surface area contributed by atoms with E-state index in [1.165, 1.54) is 12.1 Å². The van der Waals surface area contributed by atoms with Gasteiger partial charge >= 0.3 is 0 Å². The molecule has 7 heteroatoms. The number of amides is 1. The summed E-state index contributed by atoms with van der Waals surface area (Å²) in [5, 5.41) is 2.94. The van der Waals surface area contributed by atoms with Crippen LogP contribution in [0.25, 0.3) is 0 Å². The van der Waals surface area contributed by atoms with Gasteiger partial charge in [-0.2, -0.15) is 0 Å². The third-order valence-corrected chi connectivity index (χ3v) is 6.27. The highest BCUT2D eigenvalue weighted by Gasteiger charge is 2.28. The lowest BCUT2D eigenvalue weighted by Crippen LogP contribution is -2.38. The zero-order valence-corrected chi connectivity index (χ0v) is 18.4. The Balaban J connectivity index is 2.00. The van der Waals surface area contributed by atoms with Crippen molar-refractivity contribution in [1.82, 2.24) is 10.0 Å². The van der Waals surface area contributed by atoms with Gasteiger partial charge in [0.25, 0.3) is 0 Å². The second-order valence-corrected chi connectivity index (χ2v) is 10.1. The van der Waals surface area contributed by atoms with Crippen LogP contribution in [0.5, 0.6) is 0 Å². The van der Waals surface area contributed by atoms with Crippen molar-refractivity contribution in [3.8, 4) is 0 Å². The van der Waals surface area contributed by atoms with Gasteiger partial charge in [0.05, 0.1) is 10.9 Å². The second-order valence-electron chi connectivity index (χ2n) is 8.31. The van der Waals surface area contributed by atoms with Crippen LogP contribution in [0.2, 0.25) is 0 Å². The summed E-state index contributed by atoms with van der Waals surface area (Å²) in [5.74, 6) is -0.620. The number of benzene rings is 2. The van der Waals surface area contributed by atoms with Crippen LogP contribution in [0.1, 0.15) is 49.9 Å². The molecule has 1 atom stereocenters. The van der Waals surface area contributed by atoms with Crippen LogP contribution in [0.3, 0.4) is 0 Å². The molecule has 0 spiro atoms. The Labute approximate surface area is 172 Å². The van der Waals surface area contributed by atoms with Crippen LogP contribution in [-0.4, -0.2) is 20.9 Å². The van der Waals surface area contributed by atoms with E-state index in [1.54, 1.807) is 30.3 Å². The third kappa shape index (κ3) is 6.37. The van der Waals surface area contributed by atoms with Crippen LogP contribution in [-0.2, 0) is 14.8 Å². The quantitative estimate of drug-likeness (QED) is 0.711. The van der Waals surface area contributed by atoms with E-state index in [2.05, 4.69) is 10.0 Å². The minimum atomic E-state index is -3.68.